The molecule has 1 aromatic rings. The van der Waals surface area contributed by atoms with Gasteiger partial charge in [0.2, 0.25) is 5.91 Å². The Bertz CT molecular complexity index is 593. The van der Waals surface area contributed by atoms with Gasteiger partial charge in [-0.1, -0.05) is 19.1 Å². The summed E-state index contributed by atoms with van der Waals surface area (Å²) in [5, 5.41) is 0. The second-order valence-electron chi connectivity index (χ2n) is 6.06. The molecule has 0 spiro atoms. The highest BCUT2D eigenvalue weighted by Crippen LogP contribution is 2.51. The van der Waals surface area contributed by atoms with Crippen molar-refractivity contribution in [1.29, 1.82) is 0 Å². The van der Waals surface area contributed by atoms with E-state index in [0.717, 1.165) is 18.4 Å². The maximum Gasteiger partial charge on any atom is 0.249 e. The standard InChI is InChI=1S/C18H22FNO3/c1-2-14(11-19)12-23-16-5-3-15(4-6-16)18(7-8-18)20-9-10-22-13-17(20)21/h3-6,11H,2,7-10,12-13H2,1H3/b14-11+. The maximum atomic E-state index is 12.5. The first kappa shape index (κ1) is 16.0. The van der Waals surface area contributed by atoms with Crippen LogP contribution in [0.4, 0.5) is 4.39 Å². The lowest BCUT2D eigenvalue weighted by Crippen LogP contribution is -2.47. The van der Waals surface area contributed by atoms with Crippen molar-refractivity contribution in [2.45, 2.75) is 31.7 Å². The molecule has 1 saturated carbocycles. The molecular weight excluding hydrogens is 297 g/mol. The van der Waals surface area contributed by atoms with Crippen LogP contribution in [-0.4, -0.2) is 37.2 Å². The number of hydrogen-bond donors (Lipinski definition) is 0. The fourth-order valence-electron chi connectivity index (χ4n) is 3.05. The van der Waals surface area contributed by atoms with Crippen LogP contribution in [0, 0.1) is 0 Å². The van der Waals surface area contributed by atoms with Crippen LogP contribution in [0.1, 0.15) is 31.7 Å². The Morgan fingerprint density at radius 2 is 2.13 bits per heavy atom. The zero-order valence-corrected chi connectivity index (χ0v) is 13.4. The Hall–Kier alpha value is -1.88. The molecule has 1 saturated heterocycles. The lowest BCUT2D eigenvalue weighted by atomic mass is 10.0. The second kappa shape index (κ2) is 6.71. The third-order valence-corrected chi connectivity index (χ3v) is 4.65. The maximum absolute atomic E-state index is 12.5. The number of ether oxygens (including phenoxy) is 2. The van der Waals surface area contributed by atoms with E-state index in [0.29, 0.717) is 37.2 Å². The molecule has 0 aromatic heterocycles. The van der Waals surface area contributed by atoms with Crippen LogP contribution in [0.2, 0.25) is 0 Å². The SMILES string of the molecule is CC/C(=C\F)COc1ccc(C2(N3CCOCC3=O)CC2)cc1. The largest absolute Gasteiger partial charge is 0.489 e. The molecule has 5 heteroatoms. The van der Waals surface area contributed by atoms with Gasteiger partial charge in [0.05, 0.1) is 18.5 Å². The number of carbonyl (C=O) groups is 1. The van der Waals surface area contributed by atoms with E-state index in [2.05, 4.69) is 0 Å². The molecule has 1 heterocycles. The molecule has 1 aromatic carbocycles. The van der Waals surface area contributed by atoms with Crippen molar-refractivity contribution in [3.8, 4) is 5.75 Å². The van der Waals surface area contributed by atoms with Crippen molar-refractivity contribution in [3.63, 3.8) is 0 Å². The molecule has 4 nitrogen and oxygen atoms in total. The topological polar surface area (TPSA) is 38.8 Å². The Morgan fingerprint density at radius 3 is 2.70 bits per heavy atom. The van der Waals surface area contributed by atoms with Crippen molar-refractivity contribution in [3.05, 3.63) is 41.7 Å². The van der Waals surface area contributed by atoms with Crippen LogP contribution in [0.15, 0.2) is 36.2 Å². The smallest absolute Gasteiger partial charge is 0.249 e. The molecular formula is C18H22FNO3. The lowest BCUT2D eigenvalue weighted by Gasteiger charge is -2.35. The van der Waals surface area contributed by atoms with E-state index in [4.69, 9.17) is 9.47 Å². The van der Waals surface area contributed by atoms with Crippen molar-refractivity contribution >= 4 is 5.91 Å². The molecule has 3 rings (SSSR count). The summed E-state index contributed by atoms with van der Waals surface area (Å²) < 4.78 is 23.4. The number of carbonyl (C=O) groups excluding carboxylic acids is 1. The fourth-order valence-corrected chi connectivity index (χ4v) is 3.05. The summed E-state index contributed by atoms with van der Waals surface area (Å²) in [5.41, 5.74) is 1.61. The number of hydrogen-bond acceptors (Lipinski definition) is 3. The van der Waals surface area contributed by atoms with Gasteiger partial charge in [0.25, 0.3) is 0 Å². The van der Waals surface area contributed by atoms with Crippen molar-refractivity contribution < 1.29 is 18.7 Å². The summed E-state index contributed by atoms with van der Waals surface area (Å²) in [5.74, 6) is 0.778. The Kier molecular flexibility index (Phi) is 4.66. The van der Waals surface area contributed by atoms with Crippen LogP contribution >= 0.6 is 0 Å². The van der Waals surface area contributed by atoms with E-state index in [9.17, 15) is 9.18 Å². The molecule has 1 aliphatic carbocycles. The van der Waals surface area contributed by atoms with E-state index in [1.54, 1.807) is 0 Å². The van der Waals surface area contributed by atoms with Crippen LogP contribution < -0.4 is 4.74 Å². The van der Waals surface area contributed by atoms with E-state index in [1.807, 2.05) is 36.1 Å². The van der Waals surface area contributed by atoms with Crippen LogP contribution in [0.5, 0.6) is 5.75 Å². The van der Waals surface area contributed by atoms with Gasteiger partial charge in [-0.25, -0.2) is 4.39 Å². The number of amides is 1. The predicted octanol–water partition coefficient (Wildman–Crippen LogP) is 3.18. The first-order valence-electron chi connectivity index (χ1n) is 8.09. The number of rotatable bonds is 6. The van der Waals surface area contributed by atoms with E-state index >= 15 is 0 Å². The number of nitrogens with zero attached hydrogens (tertiary/aromatic N) is 1. The molecule has 2 aliphatic rings. The van der Waals surface area contributed by atoms with Gasteiger partial charge < -0.3 is 14.4 Å². The summed E-state index contributed by atoms with van der Waals surface area (Å²) in [6.07, 6.45) is 3.22. The first-order valence-corrected chi connectivity index (χ1v) is 8.09. The van der Waals surface area contributed by atoms with Crippen LogP contribution in [0.3, 0.4) is 0 Å². The summed E-state index contributed by atoms with van der Waals surface area (Å²) in [6, 6.07) is 7.81. The minimum Gasteiger partial charge on any atom is -0.489 e. The fraction of sp³-hybridized carbons (Fsp3) is 0.500. The van der Waals surface area contributed by atoms with Gasteiger partial charge in [-0.05, 0) is 42.5 Å². The van der Waals surface area contributed by atoms with Crippen LogP contribution in [0.25, 0.3) is 0 Å². The Labute approximate surface area is 135 Å². The third-order valence-electron chi connectivity index (χ3n) is 4.65. The zero-order valence-electron chi connectivity index (χ0n) is 13.4. The molecule has 0 unspecified atom stereocenters. The summed E-state index contributed by atoms with van der Waals surface area (Å²) in [6.45, 7) is 3.59. The highest BCUT2D eigenvalue weighted by Gasteiger charge is 2.51. The van der Waals surface area contributed by atoms with Gasteiger partial charge in [0.1, 0.15) is 19.0 Å². The summed E-state index contributed by atoms with van der Waals surface area (Å²) >= 11 is 0. The average molecular weight is 319 g/mol. The van der Waals surface area contributed by atoms with E-state index in [1.165, 1.54) is 0 Å². The molecule has 0 radical (unpaired) electrons. The second-order valence-corrected chi connectivity index (χ2v) is 6.06. The Balaban J connectivity index is 1.68. The highest BCUT2D eigenvalue weighted by molar-refractivity contribution is 5.79. The van der Waals surface area contributed by atoms with Crippen LogP contribution in [-0.2, 0) is 15.1 Å². The van der Waals surface area contributed by atoms with Gasteiger partial charge >= 0.3 is 0 Å². The molecule has 0 N–H and O–H groups in total. The summed E-state index contributed by atoms with van der Waals surface area (Å²) in [4.78, 5) is 14.1. The van der Waals surface area contributed by atoms with Gasteiger partial charge in [-0.15, -0.1) is 0 Å². The normalized spacial score (nSPS) is 20.5. The van der Waals surface area contributed by atoms with Gasteiger partial charge in [-0.3, -0.25) is 4.79 Å². The van der Waals surface area contributed by atoms with Gasteiger partial charge in [-0.2, -0.15) is 0 Å². The average Bonchev–Trinajstić information content (AvgIpc) is 3.38. The molecule has 0 bridgehead atoms. The minimum atomic E-state index is -0.160. The quantitative estimate of drug-likeness (QED) is 0.808. The number of benzene rings is 1. The van der Waals surface area contributed by atoms with E-state index in [-0.39, 0.29) is 24.7 Å². The highest BCUT2D eigenvalue weighted by atomic mass is 19.1. The van der Waals surface area contributed by atoms with Gasteiger partial charge in [0.15, 0.2) is 0 Å². The number of morpholine rings is 1. The molecule has 1 aliphatic heterocycles. The monoisotopic (exact) mass is 319 g/mol. The molecule has 1 amide bonds. The molecule has 2 fully saturated rings. The molecule has 23 heavy (non-hydrogen) atoms. The minimum absolute atomic E-state index is 0.0646. The zero-order chi connectivity index (χ0) is 16.3. The first-order chi connectivity index (χ1) is 11.2. The van der Waals surface area contributed by atoms with Gasteiger partial charge in [0, 0.05) is 6.54 Å². The molecule has 124 valence electrons. The number of halogens is 1. The van der Waals surface area contributed by atoms with Crippen molar-refractivity contribution in [2.75, 3.05) is 26.4 Å². The van der Waals surface area contributed by atoms with E-state index < -0.39 is 0 Å². The Morgan fingerprint density at radius 1 is 1.39 bits per heavy atom. The van der Waals surface area contributed by atoms with Crippen molar-refractivity contribution in [2.24, 2.45) is 0 Å². The molecule has 0 atom stereocenters. The summed E-state index contributed by atoms with van der Waals surface area (Å²) in [7, 11) is 0. The van der Waals surface area contributed by atoms with Crippen molar-refractivity contribution in [1.82, 2.24) is 4.90 Å². The lowest BCUT2D eigenvalue weighted by molar-refractivity contribution is -0.147. The predicted molar refractivity (Wildman–Crippen MR) is 84.9 cm³/mol. The third kappa shape index (κ3) is 3.24.